The summed E-state index contributed by atoms with van der Waals surface area (Å²) in [6, 6.07) is 13.4. The van der Waals surface area contributed by atoms with Gasteiger partial charge in [-0.2, -0.15) is 0 Å². The first kappa shape index (κ1) is 18.2. The van der Waals surface area contributed by atoms with Gasteiger partial charge in [-0.3, -0.25) is 4.79 Å². The number of carbonyl (C=O) groups excluding carboxylic acids is 1. The van der Waals surface area contributed by atoms with Crippen molar-refractivity contribution in [3.05, 3.63) is 59.2 Å². The summed E-state index contributed by atoms with van der Waals surface area (Å²) in [4.78, 5) is 11.1. The summed E-state index contributed by atoms with van der Waals surface area (Å²) in [5, 5.41) is 12.6. The average Bonchev–Trinajstić information content (AvgIpc) is 2.59. The highest BCUT2D eigenvalue weighted by atomic mass is 16.5. The second-order valence-electron chi connectivity index (χ2n) is 6.45. The average molecular weight is 351 g/mol. The highest BCUT2D eigenvalue weighted by Crippen LogP contribution is 2.35. The fourth-order valence-corrected chi connectivity index (χ4v) is 2.92. The zero-order valence-corrected chi connectivity index (χ0v) is 15.2. The molecular formula is C20H22BNO4. The van der Waals surface area contributed by atoms with Gasteiger partial charge in [0.25, 0.3) is 0 Å². The van der Waals surface area contributed by atoms with Gasteiger partial charge in [0.2, 0.25) is 0 Å². The first-order chi connectivity index (χ1) is 12.4. The maximum atomic E-state index is 11.1. The number of hydrogen-bond donors (Lipinski definition) is 2. The molecule has 1 atom stereocenters. The maximum Gasteiger partial charge on any atom is 0.373 e. The molecule has 1 unspecified atom stereocenters. The number of benzene rings is 2. The van der Waals surface area contributed by atoms with E-state index in [9.17, 15) is 9.82 Å². The summed E-state index contributed by atoms with van der Waals surface area (Å²) in [6.45, 7) is 5.56. The first-order valence-corrected chi connectivity index (χ1v) is 8.61. The number of nitrogens with one attached hydrogen (secondary N) is 1. The molecule has 2 aromatic carbocycles. The van der Waals surface area contributed by atoms with Crippen LogP contribution in [0.2, 0.25) is 6.82 Å². The topological polar surface area (TPSA) is 67.8 Å². The van der Waals surface area contributed by atoms with Gasteiger partial charge in [0.1, 0.15) is 17.6 Å². The van der Waals surface area contributed by atoms with Crippen LogP contribution in [-0.2, 0) is 4.79 Å². The molecule has 1 aliphatic rings. The predicted octanol–water partition coefficient (Wildman–Crippen LogP) is 2.92. The molecule has 134 valence electrons. The molecular weight excluding hydrogens is 329 g/mol. The van der Waals surface area contributed by atoms with Crippen molar-refractivity contribution in [1.82, 2.24) is 5.23 Å². The van der Waals surface area contributed by atoms with E-state index in [2.05, 4.69) is 17.4 Å². The quantitative estimate of drug-likeness (QED) is 0.493. The molecule has 6 heteroatoms. The van der Waals surface area contributed by atoms with Gasteiger partial charge >= 0.3 is 13.0 Å². The summed E-state index contributed by atoms with van der Waals surface area (Å²) in [7, 11) is -0.620. The fraction of sp³-hybridized carbons (Fsp3) is 0.250. The van der Waals surface area contributed by atoms with Crippen molar-refractivity contribution in [2.24, 2.45) is 0 Å². The molecule has 0 spiro atoms. The minimum absolute atomic E-state index is 0.238. The van der Waals surface area contributed by atoms with E-state index in [0.717, 1.165) is 28.0 Å². The SMILES string of the molecule is CB(O)NCC1Oc2cc(C)ccc2C=C1c1ccc(OC(C)=O)cc1. The normalized spacial score (nSPS) is 15.5. The van der Waals surface area contributed by atoms with Crippen LogP contribution in [0.4, 0.5) is 0 Å². The van der Waals surface area contributed by atoms with Crippen molar-refractivity contribution in [2.45, 2.75) is 26.8 Å². The van der Waals surface area contributed by atoms with Crippen molar-refractivity contribution >= 4 is 24.7 Å². The molecule has 2 aromatic rings. The standard InChI is InChI=1S/C20H22BNO4/c1-13-4-5-16-11-18(15-6-8-17(9-7-15)25-14(2)23)20(12-22-21(3)24)26-19(16)10-13/h4-11,20,22,24H,12H2,1-3H3. The molecule has 26 heavy (non-hydrogen) atoms. The lowest BCUT2D eigenvalue weighted by molar-refractivity contribution is -0.131. The molecule has 0 radical (unpaired) electrons. The van der Waals surface area contributed by atoms with E-state index < -0.39 is 7.05 Å². The van der Waals surface area contributed by atoms with Gasteiger partial charge in [0.05, 0.1) is 0 Å². The molecule has 1 aliphatic heterocycles. The lowest BCUT2D eigenvalue weighted by atomic mass is 9.87. The lowest BCUT2D eigenvalue weighted by Gasteiger charge is -2.28. The summed E-state index contributed by atoms with van der Waals surface area (Å²) < 4.78 is 11.3. The third-order valence-corrected chi connectivity index (χ3v) is 4.14. The highest BCUT2D eigenvalue weighted by Gasteiger charge is 2.24. The smallest absolute Gasteiger partial charge is 0.373 e. The second kappa shape index (κ2) is 7.76. The Morgan fingerprint density at radius 3 is 2.65 bits per heavy atom. The molecule has 3 rings (SSSR count). The minimum atomic E-state index is -0.620. The van der Waals surface area contributed by atoms with Gasteiger partial charge in [-0.25, -0.2) is 0 Å². The van der Waals surface area contributed by atoms with Crippen LogP contribution in [0.3, 0.4) is 0 Å². The molecule has 2 N–H and O–H groups in total. The molecule has 0 fully saturated rings. The fourth-order valence-electron chi connectivity index (χ4n) is 2.92. The largest absolute Gasteiger partial charge is 0.484 e. The summed E-state index contributed by atoms with van der Waals surface area (Å²) in [6.07, 6.45) is 1.87. The Morgan fingerprint density at radius 1 is 1.27 bits per heavy atom. The van der Waals surface area contributed by atoms with Crippen LogP contribution in [0, 0.1) is 6.92 Å². The number of ether oxygens (including phenoxy) is 2. The molecule has 0 bridgehead atoms. The maximum absolute atomic E-state index is 11.1. The second-order valence-corrected chi connectivity index (χ2v) is 6.45. The van der Waals surface area contributed by atoms with Crippen LogP contribution in [-0.4, -0.2) is 30.7 Å². The van der Waals surface area contributed by atoms with Crippen molar-refractivity contribution in [3.63, 3.8) is 0 Å². The van der Waals surface area contributed by atoms with E-state index >= 15 is 0 Å². The zero-order chi connectivity index (χ0) is 18.7. The Balaban J connectivity index is 1.93. The Hall–Kier alpha value is -2.57. The zero-order valence-electron chi connectivity index (χ0n) is 15.2. The van der Waals surface area contributed by atoms with E-state index in [-0.39, 0.29) is 12.1 Å². The number of carbonyl (C=O) groups is 1. The number of aryl methyl sites for hydroxylation is 1. The number of fused-ring (bicyclic) bond motifs is 1. The molecule has 5 nitrogen and oxygen atoms in total. The molecule has 0 amide bonds. The molecule has 0 aliphatic carbocycles. The molecule has 0 saturated heterocycles. The van der Waals surface area contributed by atoms with Gasteiger partial charge in [-0.05, 0) is 49.1 Å². The van der Waals surface area contributed by atoms with Crippen LogP contribution >= 0.6 is 0 Å². The van der Waals surface area contributed by atoms with Crippen molar-refractivity contribution in [2.75, 3.05) is 6.54 Å². The number of rotatable bonds is 5. The van der Waals surface area contributed by atoms with E-state index in [1.54, 1.807) is 19.0 Å². The predicted molar refractivity (Wildman–Crippen MR) is 103 cm³/mol. The van der Waals surface area contributed by atoms with E-state index in [4.69, 9.17) is 9.47 Å². The van der Waals surface area contributed by atoms with Gasteiger partial charge in [0, 0.05) is 24.6 Å². The molecule has 0 saturated carbocycles. The van der Waals surface area contributed by atoms with Crippen LogP contribution in [0.25, 0.3) is 11.6 Å². The highest BCUT2D eigenvalue weighted by molar-refractivity contribution is 6.45. The lowest BCUT2D eigenvalue weighted by Crippen LogP contribution is -2.40. The summed E-state index contributed by atoms with van der Waals surface area (Å²) in [5.41, 5.74) is 4.13. The van der Waals surface area contributed by atoms with Crippen LogP contribution in [0.15, 0.2) is 42.5 Å². The molecule has 0 aromatic heterocycles. The van der Waals surface area contributed by atoms with Gasteiger partial charge in [-0.15, -0.1) is 0 Å². The third-order valence-electron chi connectivity index (χ3n) is 4.14. The van der Waals surface area contributed by atoms with Crippen LogP contribution in [0.1, 0.15) is 23.6 Å². The van der Waals surface area contributed by atoms with E-state index in [1.165, 1.54) is 6.92 Å². The Morgan fingerprint density at radius 2 is 2.00 bits per heavy atom. The molecule has 1 heterocycles. The Bertz CT molecular complexity index is 830. The van der Waals surface area contributed by atoms with Crippen molar-refractivity contribution in [1.29, 1.82) is 0 Å². The number of esters is 1. The van der Waals surface area contributed by atoms with Crippen LogP contribution < -0.4 is 14.7 Å². The summed E-state index contributed by atoms with van der Waals surface area (Å²) in [5.74, 6) is 0.997. The van der Waals surface area contributed by atoms with Gasteiger partial charge in [0.15, 0.2) is 0 Å². The van der Waals surface area contributed by atoms with Crippen molar-refractivity contribution < 1.29 is 19.3 Å². The third kappa shape index (κ3) is 4.34. The van der Waals surface area contributed by atoms with E-state index in [0.29, 0.717) is 12.3 Å². The van der Waals surface area contributed by atoms with Crippen LogP contribution in [0.5, 0.6) is 11.5 Å². The number of hydrogen-bond acceptors (Lipinski definition) is 5. The van der Waals surface area contributed by atoms with E-state index in [1.807, 2.05) is 31.2 Å². The monoisotopic (exact) mass is 351 g/mol. The Kier molecular flexibility index (Phi) is 5.45. The summed E-state index contributed by atoms with van der Waals surface area (Å²) >= 11 is 0. The first-order valence-electron chi connectivity index (χ1n) is 8.61. The minimum Gasteiger partial charge on any atom is -0.484 e. The van der Waals surface area contributed by atoms with Gasteiger partial charge < -0.3 is 19.7 Å². The van der Waals surface area contributed by atoms with Gasteiger partial charge in [-0.1, -0.05) is 24.3 Å². The Labute approximate surface area is 153 Å². The van der Waals surface area contributed by atoms with Crippen molar-refractivity contribution in [3.8, 4) is 11.5 Å².